The van der Waals surface area contributed by atoms with Gasteiger partial charge in [0, 0.05) is 18.0 Å². The molecule has 1 aliphatic heterocycles. The first kappa shape index (κ1) is 12.1. The van der Waals surface area contributed by atoms with Gasteiger partial charge in [-0.25, -0.2) is 4.98 Å². The maximum Gasteiger partial charge on any atom is 0.225 e. The fourth-order valence-corrected chi connectivity index (χ4v) is 1.80. The predicted molar refractivity (Wildman–Crippen MR) is 68.0 cm³/mol. The molecule has 0 fully saturated rings. The number of aromatic nitrogens is 2. The zero-order valence-corrected chi connectivity index (χ0v) is 10.2. The van der Waals surface area contributed by atoms with Crippen LogP contribution < -0.4 is 4.90 Å². The van der Waals surface area contributed by atoms with Crippen LogP contribution in [0.5, 0.6) is 0 Å². The Morgan fingerprint density at radius 3 is 2.71 bits per heavy atom. The molecule has 0 unspecified atom stereocenters. The summed E-state index contributed by atoms with van der Waals surface area (Å²) in [6, 6.07) is 1.58. The van der Waals surface area contributed by atoms with E-state index < -0.39 is 0 Å². The normalized spacial score (nSPS) is 14.8. The minimum Gasteiger partial charge on any atom is -0.390 e. The van der Waals surface area contributed by atoms with E-state index in [0.29, 0.717) is 11.5 Å². The van der Waals surface area contributed by atoms with Crippen molar-refractivity contribution in [3.05, 3.63) is 52.7 Å². The molecule has 0 aliphatic carbocycles. The third-order valence-electron chi connectivity index (χ3n) is 2.12. The highest BCUT2D eigenvalue weighted by atomic mass is 35.5. The second-order valence-electron chi connectivity index (χ2n) is 3.23. The van der Waals surface area contributed by atoms with Gasteiger partial charge in [0.1, 0.15) is 11.0 Å². The Morgan fingerprint density at radius 1 is 1.18 bits per heavy atom. The molecule has 1 aromatic rings. The summed E-state index contributed by atoms with van der Waals surface area (Å²) in [4.78, 5) is 9.53. The van der Waals surface area contributed by atoms with Gasteiger partial charge in [-0.2, -0.15) is 4.98 Å². The molecule has 88 valence electrons. The van der Waals surface area contributed by atoms with E-state index in [1.807, 2.05) is 18.2 Å². The van der Waals surface area contributed by atoms with E-state index in [9.17, 15) is 5.11 Å². The molecule has 0 saturated carbocycles. The van der Waals surface area contributed by atoms with Crippen molar-refractivity contribution < 1.29 is 5.11 Å². The molecule has 4 nitrogen and oxygen atoms in total. The minimum atomic E-state index is -0.117. The van der Waals surface area contributed by atoms with Gasteiger partial charge in [-0.15, -0.1) is 0 Å². The van der Waals surface area contributed by atoms with Crippen LogP contribution in [0.3, 0.4) is 0 Å². The monoisotopic (exact) mass is 269 g/mol. The van der Waals surface area contributed by atoms with E-state index in [-0.39, 0.29) is 17.0 Å². The van der Waals surface area contributed by atoms with Gasteiger partial charge in [0.15, 0.2) is 0 Å². The summed E-state index contributed by atoms with van der Waals surface area (Å²) in [6.07, 6.45) is 9.04. The van der Waals surface area contributed by atoms with Crippen LogP contribution in [-0.4, -0.2) is 21.7 Å². The summed E-state index contributed by atoms with van der Waals surface area (Å²) < 4.78 is 0. The molecule has 1 N–H and O–H groups in total. The second kappa shape index (κ2) is 5.31. The van der Waals surface area contributed by atoms with Crippen LogP contribution in [0.15, 0.2) is 42.3 Å². The molecule has 6 heteroatoms. The molecule has 2 rings (SSSR count). The Morgan fingerprint density at radius 2 is 2.00 bits per heavy atom. The first-order valence-corrected chi connectivity index (χ1v) is 5.60. The molecule has 0 saturated heterocycles. The van der Waals surface area contributed by atoms with E-state index in [1.165, 1.54) is 0 Å². The van der Waals surface area contributed by atoms with Crippen LogP contribution in [0.25, 0.3) is 0 Å². The highest BCUT2D eigenvalue weighted by Crippen LogP contribution is 2.23. The molecule has 1 aliphatic rings. The van der Waals surface area contributed by atoms with Crippen molar-refractivity contribution >= 4 is 29.0 Å². The highest BCUT2D eigenvalue weighted by molar-refractivity contribution is 6.32. The van der Waals surface area contributed by atoms with Crippen molar-refractivity contribution in [3.8, 4) is 0 Å². The van der Waals surface area contributed by atoms with Crippen molar-refractivity contribution in [1.29, 1.82) is 0 Å². The third-order valence-corrected chi connectivity index (χ3v) is 2.48. The van der Waals surface area contributed by atoms with Crippen molar-refractivity contribution in [3.63, 3.8) is 0 Å². The van der Waals surface area contributed by atoms with Crippen LogP contribution in [-0.2, 0) is 0 Å². The Hall–Kier alpha value is -1.36. The lowest BCUT2D eigenvalue weighted by atomic mass is 10.3. The average Bonchev–Trinajstić information content (AvgIpc) is 2.52. The summed E-state index contributed by atoms with van der Waals surface area (Å²) in [5.41, 5.74) is 0.667. The maximum absolute atomic E-state index is 9.30. The van der Waals surface area contributed by atoms with Gasteiger partial charge in [-0.1, -0.05) is 23.8 Å². The van der Waals surface area contributed by atoms with Gasteiger partial charge in [-0.05, 0) is 23.8 Å². The Kier molecular flexibility index (Phi) is 3.78. The van der Waals surface area contributed by atoms with E-state index in [1.54, 1.807) is 23.2 Å². The van der Waals surface area contributed by atoms with Gasteiger partial charge >= 0.3 is 0 Å². The van der Waals surface area contributed by atoms with Crippen LogP contribution >= 0.6 is 23.2 Å². The Balaban J connectivity index is 2.44. The largest absolute Gasteiger partial charge is 0.390 e. The summed E-state index contributed by atoms with van der Waals surface area (Å²) in [5.74, 6) is 0.509. The van der Waals surface area contributed by atoms with Crippen molar-refractivity contribution in [2.45, 2.75) is 0 Å². The first-order valence-electron chi connectivity index (χ1n) is 4.85. The molecule has 1 aromatic heterocycles. The number of aliphatic hydroxyl groups excluding tert-OH is 1. The average molecular weight is 270 g/mol. The predicted octanol–water partition coefficient (Wildman–Crippen LogP) is 2.55. The molecular formula is C11H9Cl2N3O. The first-order chi connectivity index (χ1) is 8.20. The SMILES string of the molecule is OCC1=CC=CC=CN1c1cc(Cl)nc(Cl)n1. The van der Waals surface area contributed by atoms with Crippen LogP contribution in [0.2, 0.25) is 10.4 Å². The molecular weight excluding hydrogens is 261 g/mol. The number of allylic oxidation sites excluding steroid dienone is 4. The number of anilines is 1. The zero-order chi connectivity index (χ0) is 12.3. The standard InChI is InChI=1S/C11H9Cl2N3O/c12-9-6-10(15-11(13)14-9)16-5-3-1-2-4-8(16)7-17/h1-6,17H,7H2. The van der Waals surface area contributed by atoms with Crippen molar-refractivity contribution in [2.24, 2.45) is 0 Å². The molecule has 17 heavy (non-hydrogen) atoms. The van der Waals surface area contributed by atoms with Crippen molar-refractivity contribution in [1.82, 2.24) is 9.97 Å². The van der Waals surface area contributed by atoms with E-state index >= 15 is 0 Å². The van der Waals surface area contributed by atoms with Gasteiger partial charge in [-0.3, -0.25) is 0 Å². The minimum absolute atomic E-state index is 0.0652. The molecule has 0 spiro atoms. The number of aliphatic hydroxyl groups is 1. The number of nitrogens with zero attached hydrogens (tertiary/aromatic N) is 3. The number of rotatable bonds is 2. The lowest BCUT2D eigenvalue weighted by Crippen LogP contribution is -2.19. The van der Waals surface area contributed by atoms with Gasteiger partial charge in [0.25, 0.3) is 0 Å². The Labute approximate surface area is 109 Å². The lowest BCUT2D eigenvalue weighted by molar-refractivity contribution is 0.329. The van der Waals surface area contributed by atoms with Crippen molar-refractivity contribution in [2.75, 3.05) is 11.5 Å². The second-order valence-corrected chi connectivity index (χ2v) is 3.96. The zero-order valence-electron chi connectivity index (χ0n) is 8.72. The molecule has 0 radical (unpaired) electrons. The molecule has 2 heterocycles. The van der Waals surface area contributed by atoms with Crippen LogP contribution in [0, 0.1) is 0 Å². The maximum atomic E-state index is 9.30. The summed E-state index contributed by atoms with van der Waals surface area (Å²) in [7, 11) is 0. The van der Waals surface area contributed by atoms with Gasteiger partial charge < -0.3 is 10.0 Å². The van der Waals surface area contributed by atoms with Crippen LogP contribution in [0.4, 0.5) is 5.82 Å². The fourth-order valence-electron chi connectivity index (χ4n) is 1.40. The smallest absolute Gasteiger partial charge is 0.225 e. The number of halogens is 2. The van der Waals surface area contributed by atoms with E-state index in [2.05, 4.69) is 9.97 Å². The highest BCUT2D eigenvalue weighted by Gasteiger charge is 2.12. The molecule has 0 amide bonds. The summed E-state index contributed by atoms with van der Waals surface area (Å²) in [5, 5.41) is 9.62. The topological polar surface area (TPSA) is 49.2 Å². The number of hydrogen-bond acceptors (Lipinski definition) is 4. The van der Waals surface area contributed by atoms with Gasteiger partial charge in [0.2, 0.25) is 5.28 Å². The van der Waals surface area contributed by atoms with E-state index in [4.69, 9.17) is 23.2 Å². The molecule has 0 aromatic carbocycles. The summed E-state index contributed by atoms with van der Waals surface area (Å²) in [6.45, 7) is -0.117. The van der Waals surface area contributed by atoms with Gasteiger partial charge in [0.05, 0.1) is 6.61 Å². The lowest BCUT2D eigenvalue weighted by Gasteiger charge is -2.20. The third kappa shape index (κ3) is 2.85. The van der Waals surface area contributed by atoms with E-state index in [0.717, 1.165) is 0 Å². The Bertz CT molecular complexity index is 491. The summed E-state index contributed by atoms with van der Waals surface area (Å²) >= 11 is 11.6. The molecule has 0 atom stereocenters. The fraction of sp³-hybridized carbons (Fsp3) is 0.0909. The number of hydrogen-bond donors (Lipinski definition) is 1. The molecule has 0 bridgehead atoms. The quantitative estimate of drug-likeness (QED) is 0.662. The van der Waals surface area contributed by atoms with Crippen LogP contribution in [0.1, 0.15) is 0 Å².